The molecule has 0 aromatic carbocycles. The molecule has 0 aromatic rings. The molecule has 0 heterocycles. The molecule has 0 radical (unpaired) electrons. The maximum atomic E-state index is 12.0. The fourth-order valence-corrected chi connectivity index (χ4v) is 2.00. The number of rotatable bonds is 11. The molecule has 0 rings (SSSR count). The summed E-state index contributed by atoms with van der Waals surface area (Å²) in [6, 6.07) is 0. The van der Waals surface area contributed by atoms with Crippen LogP contribution in [0.3, 0.4) is 0 Å². The van der Waals surface area contributed by atoms with Crippen molar-refractivity contribution >= 4 is 5.97 Å². The minimum Gasteiger partial charge on any atom is -0.466 e. The number of esters is 1. The van der Waals surface area contributed by atoms with Gasteiger partial charge in [0.2, 0.25) is 0 Å². The molecule has 0 bridgehead atoms. The van der Waals surface area contributed by atoms with Crippen LogP contribution in [0.25, 0.3) is 0 Å². The second kappa shape index (κ2) is 10.3. The Balaban J connectivity index is 4.31. The minimum atomic E-state index is -0.559. The van der Waals surface area contributed by atoms with Crippen molar-refractivity contribution in [3.05, 3.63) is 0 Å². The fraction of sp³-hybridized carbons (Fsp3) is 0.929. The third-order valence-corrected chi connectivity index (χ3v) is 3.19. The number of ether oxygens (including phenoxy) is 2. The van der Waals surface area contributed by atoms with E-state index >= 15 is 0 Å². The highest BCUT2D eigenvalue weighted by Gasteiger charge is 2.37. The molecular formula is C14H29NO3. The van der Waals surface area contributed by atoms with E-state index in [2.05, 4.69) is 13.8 Å². The number of nitrogens with two attached hydrogens (primary N) is 1. The van der Waals surface area contributed by atoms with Gasteiger partial charge in [-0.2, -0.15) is 0 Å². The molecule has 4 nitrogen and oxygen atoms in total. The average molecular weight is 259 g/mol. The first kappa shape index (κ1) is 17.4. The first-order chi connectivity index (χ1) is 8.66. The Labute approximate surface area is 111 Å². The van der Waals surface area contributed by atoms with Gasteiger partial charge >= 0.3 is 5.97 Å². The molecule has 4 heteroatoms. The number of hydrogen-bond donors (Lipinski definition) is 1. The number of unbranched alkanes of at least 4 members (excludes halogenated alkanes) is 1. The lowest BCUT2D eigenvalue weighted by Gasteiger charge is -2.29. The molecule has 0 saturated carbocycles. The summed E-state index contributed by atoms with van der Waals surface area (Å²) in [4.78, 5) is 12.0. The largest absolute Gasteiger partial charge is 0.466 e. The Morgan fingerprint density at radius 1 is 1.11 bits per heavy atom. The molecule has 0 aromatic heterocycles. The van der Waals surface area contributed by atoms with E-state index in [9.17, 15) is 4.79 Å². The van der Waals surface area contributed by atoms with Crippen LogP contribution in [-0.2, 0) is 14.3 Å². The molecule has 0 aliphatic heterocycles. The van der Waals surface area contributed by atoms with Gasteiger partial charge in [-0.15, -0.1) is 0 Å². The molecule has 0 spiro atoms. The van der Waals surface area contributed by atoms with Crippen LogP contribution in [0.15, 0.2) is 0 Å². The Morgan fingerprint density at radius 3 is 2.33 bits per heavy atom. The van der Waals surface area contributed by atoms with Crippen LogP contribution in [-0.4, -0.2) is 32.3 Å². The van der Waals surface area contributed by atoms with Crippen molar-refractivity contribution in [1.29, 1.82) is 0 Å². The second-order valence-electron chi connectivity index (χ2n) is 4.67. The summed E-state index contributed by atoms with van der Waals surface area (Å²) in [5.41, 5.74) is 5.25. The fourth-order valence-electron chi connectivity index (χ4n) is 2.00. The van der Waals surface area contributed by atoms with Gasteiger partial charge in [0.1, 0.15) is 0 Å². The van der Waals surface area contributed by atoms with Crippen molar-refractivity contribution in [3.8, 4) is 0 Å². The first-order valence-corrected chi connectivity index (χ1v) is 7.11. The van der Waals surface area contributed by atoms with Crippen molar-refractivity contribution < 1.29 is 14.3 Å². The van der Waals surface area contributed by atoms with Crippen LogP contribution in [0, 0.1) is 5.41 Å². The van der Waals surface area contributed by atoms with Crippen LogP contribution in [0.2, 0.25) is 0 Å². The van der Waals surface area contributed by atoms with E-state index in [1.807, 2.05) is 6.92 Å². The highest BCUT2D eigenvalue weighted by molar-refractivity contribution is 5.77. The van der Waals surface area contributed by atoms with Gasteiger partial charge in [-0.1, -0.05) is 26.7 Å². The number of carbonyl (C=O) groups is 1. The Bertz CT molecular complexity index is 221. The zero-order valence-corrected chi connectivity index (χ0v) is 12.2. The minimum absolute atomic E-state index is 0.173. The van der Waals surface area contributed by atoms with Crippen LogP contribution in [0.1, 0.15) is 52.9 Å². The predicted molar refractivity (Wildman–Crippen MR) is 73.4 cm³/mol. The van der Waals surface area contributed by atoms with Gasteiger partial charge in [-0.3, -0.25) is 4.79 Å². The van der Waals surface area contributed by atoms with Gasteiger partial charge in [-0.05, 0) is 26.2 Å². The first-order valence-electron chi connectivity index (χ1n) is 7.11. The second-order valence-corrected chi connectivity index (χ2v) is 4.67. The van der Waals surface area contributed by atoms with E-state index in [1.54, 1.807) is 0 Å². The van der Waals surface area contributed by atoms with Gasteiger partial charge in [0.05, 0.1) is 12.0 Å². The topological polar surface area (TPSA) is 61.5 Å². The summed E-state index contributed by atoms with van der Waals surface area (Å²) >= 11 is 0. The molecule has 0 aliphatic carbocycles. The molecule has 0 amide bonds. The van der Waals surface area contributed by atoms with E-state index in [0.29, 0.717) is 26.2 Å². The third kappa shape index (κ3) is 5.83. The van der Waals surface area contributed by atoms with Crippen molar-refractivity contribution in [1.82, 2.24) is 0 Å². The van der Waals surface area contributed by atoms with Crippen LogP contribution in [0.4, 0.5) is 0 Å². The quantitative estimate of drug-likeness (QED) is 0.457. The monoisotopic (exact) mass is 259 g/mol. The molecular weight excluding hydrogens is 230 g/mol. The molecule has 18 heavy (non-hydrogen) atoms. The predicted octanol–water partition coefficient (Wildman–Crippen LogP) is 2.50. The molecule has 0 aliphatic rings. The lowest BCUT2D eigenvalue weighted by Crippen LogP contribution is -2.41. The molecule has 0 fully saturated rings. The molecule has 108 valence electrons. The highest BCUT2D eigenvalue weighted by atomic mass is 16.5. The van der Waals surface area contributed by atoms with Gasteiger partial charge in [-0.25, -0.2) is 0 Å². The van der Waals surface area contributed by atoms with Crippen molar-refractivity contribution in [2.24, 2.45) is 11.1 Å². The van der Waals surface area contributed by atoms with E-state index in [-0.39, 0.29) is 5.97 Å². The van der Waals surface area contributed by atoms with Gasteiger partial charge in [0, 0.05) is 19.8 Å². The van der Waals surface area contributed by atoms with Crippen LogP contribution in [0.5, 0.6) is 0 Å². The number of carbonyl (C=O) groups excluding carboxylic acids is 1. The van der Waals surface area contributed by atoms with Crippen molar-refractivity contribution in [2.45, 2.75) is 52.9 Å². The summed E-state index contributed by atoms with van der Waals surface area (Å²) in [6.07, 6.45) is 4.52. The summed E-state index contributed by atoms with van der Waals surface area (Å²) < 4.78 is 10.7. The molecule has 2 N–H and O–H groups in total. The molecule has 0 saturated heterocycles. The summed E-state index contributed by atoms with van der Waals surface area (Å²) in [5.74, 6) is -0.173. The van der Waals surface area contributed by atoms with Gasteiger partial charge < -0.3 is 15.2 Å². The Hall–Kier alpha value is -0.610. The van der Waals surface area contributed by atoms with Crippen molar-refractivity contribution in [3.63, 3.8) is 0 Å². The van der Waals surface area contributed by atoms with Gasteiger partial charge in [0.15, 0.2) is 0 Å². The van der Waals surface area contributed by atoms with E-state index in [1.165, 1.54) is 0 Å². The van der Waals surface area contributed by atoms with Crippen LogP contribution >= 0.6 is 0 Å². The smallest absolute Gasteiger partial charge is 0.313 e. The maximum Gasteiger partial charge on any atom is 0.313 e. The zero-order chi connectivity index (χ0) is 13.9. The van der Waals surface area contributed by atoms with E-state index in [0.717, 1.165) is 32.3 Å². The normalized spacial score (nSPS) is 14.2. The summed E-state index contributed by atoms with van der Waals surface area (Å²) in [7, 11) is 0. The standard InChI is InChI=1S/C14H29NO3/c1-4-7-10-17-11-9-14(12-15,8-5-2)13(16)18-6-3/h4-12,15H2,1-3H3. The van der Waals surface area contributed by atoms with Gasteiger partial charge in [0.25, 0.3) is 0 Å². The van der Waals surface area contributed by atoms with E-state index < -0.39 is 5.41 Å². The van der Waals surface area contributed by atoms with Crippen LogP contribution < -0.4 is 5.73 Å². The molecule has 1 atom stereocenters. The third-order valence-electron chi connectivity index (χ3n) is 3.19. The highest BCUT2D eigenvalue weighted by Crippen LogP contribution is 2.29. The number of hydrogen-bond acceptors (Lipinski definition) is 4. The zero-order valence-electron chi connectivity index (χ0n) is 12.2. The lowest BCUT2D eigenvalue weighted by atomic mass is 9.80. The maximum absolute atomic E-state index is 12.0. The summed E-state index contributed by atoms with van der Waals surface area (Å²) in [6.45, 7) is 8.08. The average Bonchev–Trinajstić information content (AvgIpc) is 2.37. The summed E-state index contributed by atoms with van der Waals surface area (Å²) in [5, 5.41) is 0. The van der Waals surface area contributed by atoms with E-state index in [4.69, 9.17) is 15.2 Å². The SMILES string of the molecule is CCCCOCCC(CN)(CCC)C(=O)OCC. The Morgan fingerprint density at radius 2 is 1.83 bits per heavy atom. The Kier molecular flexibility index (Phi) is 9.98. The van der Waals surface area contributed by atoms with Crippen molar-refractivity contribution in [2.75, 3.05) is 26.4 Å². The molecule has 1 unspecified atom stereocenters. The lowest BCUT2D eigenvalue weighted by molar-refractivity contribution is -0.156.